The van der Waals surface area contributed by atoms with Gasteiger partial charge in [0.2, 0.25) is 0 Å². The van der Waals surface area contributed by atoms with Crippen LogP contribution in [0.2, 0.25) is 0 Å². The van der Waals surface area contributed by atoms with Crippen molar-refractivity contribution < 1.29 is 9.53 Å². The second-order valence-electron chi connectivity index (χ2n) is 6.91. The minimum absolute atomic E-state index is 0.0623. The molecule has 1 saturated heterocycles. The van der Waals surface area contributed by atoms with Gasteiger partial charge in [0.1, 0.15) is 12.4 Å². The molecule has 148 valence electrons. The molecule has 1 N–H and O–H groups in total. The molecule has 1 aliphatic heterocycles. The fourth-order valence-electron chi connectivity index (χ4n) is 3.29. The molecule has 3 aromatic rings. The van der Waals surface area contributed by atoms with Crippen molar-refractivity contribution in [1.29, 1.82) is 0 Å². The number of carbonyl (C=O) groups is 1. The first-order valence-corrected chi connectivity index (χ1v) is 9.76. The van der Waals surface area contributed by atoms with E-state index in [-0.39, 0.29) is 6.03 Å². The average molecular weight is 388 g/mol. The molecule has 6 heteroatoms. The van der Waals surface area contributed by atoms with Crippen molar-refractivity contribution in [3.63, 3.8) is 0 Å². The number of nitrogens with one attached hydrogen (secondary N) is 1. The van der Waals surface area contributed by atoms with Gasteiger partial charge in [0, 0.05) is 49.9 Å². The Morgan fingerprint density at radius 2 is 1.59 bits per heavy atom. The monoisotopic (exact) mass is 388 g/mol. The van der Waals surface area contributed by atoms with Gasteiger partial charge < -0.3 is 19.9 Å². The van der Waals surface area contributed by atoms with E-state index in [9.17, 15) is 4.79 Å². The highest BCUT2D eigenvalue weighted by Crippen LogP contribution is 2.17. The first-order chi connectivity index (χ1) is 14.3. The molecule has 0 radical (unpaired) electrons. The number of aromatic nitrogens is 1. The van der Waals surface area contributed by atoms with E-state index >= 15 is 0 Å². The number of urea groups is 1. The van der Waals surface area contributed by atoms with E-state index in [0.29, 0.717) is 19.7 Å². The Morgan fingerprint density at radius 3 is 2.28 bits per heavy atom. The van der Waals surface area contributed by atoms with Crippen molar-refractivity contribution in [2.75, 3.05) is 36.4 Å². The number of hydrogen-bond donors (Lipinski definition) is 1. The topological polar surface area (TPSA) is 57.7 Å². The summed E-state index contributed by atoms with van der Waals surface area (Å²) in [6.45, 7) is 3.50. The van der Waals surface area contributed by atoms with Gasteiger partial charge in [0.05, 0.1) is 0 Å². The summed E-state index contributed by atoms with van der Waals surface area (Å²) in [6.07, 6.45) is 3.59. The summed E-state index contributed by atoms with van der Waals surface area (Å²) in [6, 6.07) is 21.4. The molecule has 0 spiro atoms. The quantitative estimate of drug-likeness (QED) is 0.717. The summed E-state index contributed by atoms with van der Waals surface area (Å²) in [4.78, 5) is 20.7. The number of amides is 2. The van der Waals surface area contributed by atoms with Crippen LogP contribution >= 0.6 is 0 Å². The van der Waals surface area contributed by atoms with E-state index in [2.05, 4.69) is 15.2 Å². The summed E-state index contributed by atoms with van der Waals surface area (Å²) in [7, 11) is 0. The highest BCUT2D eigenvalue weighted by molar-refractivity contribution is 5.89. The van der Waals surface area contributed by atoms with Gasteiger partial charge in [-0.3, -0.25) is 4.98 Å². The first kappa shape index (κ1) is 18.8. The van der Waals surface area contributed by atoms with Gasteiger partial charge in [-0.25, -0.2) is 4.79 Å². The minimum Gasteiger partial charge on any atom is -0.489 e. The summed E-state index contributed by atoms with van der Waals surface area (Å²) in [5.41, 5.74) is 2.99. The zero-order chi connectivity index (χ0) is 19.9. The fourth-order valence-corrected chi connectivity index (χ4v) is 3.29. The molecule has 1 aromatic heterocycles. The smallest absolute Gasteiger partial charge is 0.321 e. The Hall–Kier alpha value is -3.54. The molecule has 2 heterocycles. The molecule has 0 aliphatic carbocycles. The van der Waals surface area contributed by atoms with Crippen LogP contribution in [0.4, 0.5) is 16.2 Å². The number of carbonyl (C=O) groups excluding carboxylic acids is 1. The molecular formula is C23H24N4O2. The maximum atomic E-state index is 12.6. The van der Waals surface area contributed by atoms with Crippen molar-refractivity contribution in [3.8, 4) is 5.75 Å². The lowest BCUT2D eigenvalue weighted by atomic mass is 10.2. The lowest BCUT2D eigenvalue weighted by molar-refractivity contribution is 0.208. The van der Waals surface area contributed by atoms with Gasteiger partial charge in [0.25, 0.3) is 0 Å². The van der Waals surface area contributed by atoms with Crippen LogP contribution in [-0.2, 0) is 6.61 Å². The molecule has 0 unspecified atom stereocenters. The number of para-hydroxylation sites is 1. The number of benzene rings is 2. The zero-order valence-corrected chi connectivity index (χ0v) is 16.2. The maximum absolute atomic E-state index is 12.6. The molecule has 1 aliphatic rings. The third-order valence-electron chi connectivity index (χ3n) is 4.95. The Bertz CT molecular complexity index is 909. The highest BCUT2D eigenvalue weighted by Gasteiger charge is 2.21. The molecule has 0 atom stereocenters. The predicted molar refractivity (Wildman–Crippen MR) is 114 cm³/mol. The van der Waals surface area contributed by atoms with Crippen LogP contribution in [0.15, 0.2) is 79.1 Å². The lowest BCUT2D eigenvalue weighted by Crippen LogP contribution is -2.50. The molecule has 2 aromatic carbocycles. The van der Waals surface area contributed by atoms with Gasteiger partial charge in [-0.05, 0) is 42.0 Å². The van der Waals surface area contributed by atoms with Crippen molar-refractivity contribution in [2.45, 2.75) is 6.61 Å². The third kappa shape index (κ3) is 5.04. The summed E-state index contributed by atoms with van der Waals surface area (Å²) < 4.78 is 5.75. The second kappa shape index (κ2) is 9.10. The van der Waals surface area contributed by atoms with E-state index < -0.39 is 0 Å². The average Bonchev–Trinajstić information content (AvgIpc) is 2.80. The number of ether oxygens (including phenoxy) is 1. The Morgan fingerprint density at radius 1 is 0.897 bits per heavy atom. The highest BCUT2D eigenvalue weighted by atomic mass is 16.5. The van der Waals surface area contributed by atoms with Crippen molar-refractivity contribution in [2.24, 2.45) is 0 Å². The summed E-state index contributed by atoms with van der Waals surface area (Å²) >= 11 is 0. The van der Waals surface area contributed by atoms with E-state index in [1.165, 1.54) is 0 Å². The largest absolute Gasteiger partial charge is 0.489 e. The van der Waals surface area contributed by atoms with Crippen LogP contribution < -0.4 is 15.0 Å². The van der Waals surface area contributed by atoms with Gasteiger partial charge in [-0.15, -0.1) is 0 Å². The Balaban J connectivity index is 1.25. The van der Waals surface area contributed by atoms with E-state index in [0.717, 1.165) is 35.8 Å². The normalized spacial score (nSPS) is 13.8. The molecule has 0 bridgehead atoms. The summed E-state index contributed by atoms with van der Waals surface area (Å²) in [5.74, 6) is 0.843. The lowest BCUT2D eigenvalue weighted by Gasteiger charge is -2.36. The minimum atomic E-state index is -0.0623. The zero-order valence-electron chi connectivity index (χ0n) is 16.2. The van der Waals surface area contributed by atoms with Crippen LogP contribution in [0.3, 0.4) is 0 Å². The second-order valence-corrected chi connectivity index (χ2v) is 6.91. The Kier molecular flexibility index (Phi) is 5.90. The molecule has 1 fully saturated rings. The number of hydrogen-bond acceptors (Lipinski definition) is 4. The van der Waals surface area contributed by atoms with Crippen molar-refractivity contribution in [3.05, 3.63) is 84.7 Å². The van der Waals surface area contributed by atoms with Gasteiger partial charge >= 0.3 is 6.03 Å². The van der Waals surface area contributed by atoms with Crippen LogP contribution in [-0.4, -0.2) is 42.1 Å². The van der Waals surface area contributed by atoms with E-state index in [1.54, 1.807) is 12.4 Å². The number of pyridine rings is 1. The Labute approximate surface area is 170 Å². The van der Waals surface area contributed by atoms with Gasteiger partial charge in [-0.2, -0.15) is 0 Å². The van der Waals surface area contributed by atoms with Crippen LogP contribution in [0.25, 0.3) is 0 Å². The van der Waals surface area contributed by atoms with E-state index in [4.69, 9.17) is 4.74 Å². The predicted octanol–water partition coefficient (Wildman–Crippen LogP) is 4.01. The standard InChI is InChI=1S/C23H24N4O2/c28-23(27-16-14-26(15-17-27)21-10-12-24-13-11-21)25-20-8-6-19(7-9-20)18-29-22-4-2-1-3-5-22/h1-13H,14-18H2,(H,25,28). The summed E-state index contributed by atoms with van der Waals surface area (Å²) in [5, 5.41) is 2.98. The molecule has 4 rings (SSSR count). The van der Waals surface area contributed by atoms with Crippen LogP contribution in [0.5, 0.6) is 5.75 Å². The van der Waals surface area contributed by atoms with Crippen LogP contribution in [0.1, 0.15) is 5.56 Å². The SMILES string of the molecule is O=C(Nc1ccc(COc2ccccc2)cc1)N1CCN(c2ccncc2)CC1. The number of rotatable bonds is 5. The molecule has 6 nitrogen and oxygen atoms in total. The van der Waals surface area contributed by atoms with Gasteiger partial charge in [0.15, 0.2) is 0 Å². The molecular weight excluding hydrogens is 364 g/mol. The number of piperazine rings is 1. The van der Waals surface area contributed by atoms with Gasteiger partial charge in [-0.1, -0.05) is 30.3 Å². The van der Waals surface area contributed by atoms with Crippen molar-refractivity contribution >= 4 is 17.4 Å². The molecule has 29 heavy (non-hydrogen) atoms. The maximum Gasteiger partial charge on any atom is 0.321 e. The van der Waals surface area contributed by atoms with Crippen molar-refractivity contribution in [1.82, 2.24) is 9.88 Å². The fraction of sp³-hybridized carbons (Fsp3) is 0.217. The molecule has 2 amide bonds. The third-order valence-corrected chi connectivity index (χ3v) is 4.95. The number of anilines is 2. The number of nitrogens with zero attached hydrogens (tertiary/aromatic N) is 3. The van der Waals surface area contributed by atoms with Crippen LogP contribution in [0, 0.1) is 0 Å². The first-order valence-electron chi connectivity index (χ1n) is 9.76. The van der Waals surface area contributed by atoms with E-state index in [1.807, 2.05) is 71.6 Å². The molecule has 0 saturated carbocycles.